The molecule has 1 aliphatic rings. The van der Waals surface area contributed by atoms with Crippen molar-refractivity contribution < 1.29 is 9.47 Å². The van der Waals surface area contributed by atoms with Gasteiger partial charge in [-0.3, -0.25) is 0 Å². The number of hydrogen-bond donors (Lipinski definition) is 1. The molecule has 0 aromatic heterocycles. The Morgan fingerprint density at radius 1 is 1.08 bits per heavy atom. The first-order valence-corrected chi connectivity index (χ1v) is 9.39. The van der Waals surface area contributed by atoms with Crippen LogP contribution in [0.1, 0.15) is 29.5 Å². The summed E-state index contributed by atoms with van der Waals surface area (Å²) in [6, 6.07) is 15.7. The van der Waals surface area contributed by atoms with Gasteiger partial charge in [-0.1, -0.05) is 18.2 Å². The molecular weight excluding hydrogens is 324 g/mol. The molecule has 0 amide bonds. The first kappa shape index (κ1) is 18.7. The molecule has 1 N–H and O–H groups in total. The van der Waals surface area contributed by atoms with E-state index in [9.17, 15) is 0 Å². The van der Waals surface area contributed by atoms with Crippen molar-refractivity contribution in [1.82, 2.24) is 5.32 Å². The first-order valence-electron chi connectivity index (χ1n) is 9.39. The van der Waals surface area contributed by atoms with Crippen molar-refractivity contribution in [2.75, 3.05) is 32.2 Å². The molecule has 3 rings (SSSR count). The van der Waals surface area contributed by atoms with Crippen molar-refractivity contribution in [1.29, 1.82) is 0 Å². The Morgan fingerprint density at radius 2 is 1.88 bits per heavy atom. The maximum absolute atomic E-state index is 5.40. The number of benzene rings is 2. The van der Waals surface area contributed by atoms with Crippen molar-refractivity contribution in [3.05, 3.63) is 59.2 Å². The average Bonchev–Trinajstić information content (AvgIpc) is 2.67. The maximum Gasteiger partial charge on any atom is 0.124 e. The lowest BCUT2D eigenvalue weighted by molar-refractivity contribution is 0.181. The molecule has 2 aromatic carbocycles. The summed E-state index contributed by atoms with van der Waals surface area (Å²) in [5, 5.41) is 3.72. The summed E-state index contributed by atoms with van der Waals surface area (Å²) in [4.78, 5) is 2.50. The average molecular weight is 354 g/mol. The van der Waals surface area contributed by atoms with Gasteiger partial charge in [-0.15, -0.1) is 0 Å². The highest BCUT2D eigenvalue weighted by Crippen LogP contribution is 2.23. The van der Waals surface area contributed by atoms with Crippen LogP contribution in [-0.2, 0) is 17.9 Å². The summed E-state index contributed by atoms with van der Waals surface area (Å²) < 4.78 is 10.7. The normalized spacial score (nSPS) is 15.3. The van der Waals surface area contributed by atoms with Gasteiger partial charge in [0.15, 0.2) is 0 Å². The predicted molar refractivity (Wildman–Crippen MR) is 107 cm³/mol. The standard InChI is InChI=1S/C22H30N2O2/c1-17-5-4-6-21(13-17)24-11-9-20(10-12-24)23-15-18-7-8-22(26-3)19(14-18)16-25-2/h4-8,13-14,20,23H,9-12,15-16H2,1-3H3. The molecule has 1 aliphatic heterocycles. The van der Waals surface area contributed by atoms with Crippen molar-refractivity contribution in [3.63, 3.8) is 0 Å². The summed E-state index contributed by atoms with van der Waals surface area (Å²) >= 11 is 0. The van der Waals surface area contributed by atoms with Gasteiger partial charge in [-0.25, -0.2) is 0 Å². The lowest BCUT2D eigenvalue weighted by Gasteiger charge is -2.34. The number of hydrogen-bond acceptors (Lipinski definition) is 4. The molecule has 1 fully saturated rings. The molecule has 0 radical (unpaired) electrons. The van der Waals surface area contributed by atoms with Crippen LogP contribution in [0.4, 0.5) is 5.69 Å². The topological polar surface area (TPSA) is 33.7 Å². The number of aryl methyl sites for hydroxylation is 1. The monoisotopic (exact) mass is 354 g/mol. The van der Waals surface area contributed by atoms with Crippen LogP contribution in [0.2, 0.25) is 0 Å². The van der Waals surface area contributed by atoms with Gasteiger partial charge in [0.25, 0.3) is 0 Å². The number of rotatable bonds is 7. The lowest BCUT2D eigenvalue weighted by atomic mass is 10.0. The smallest absolute Gasteiger partial charge is 0.124 e. The number of nitrogens with one attached hydrogen (secondary N) is 1. The van der Waals surface area contributed by atoms with Crippen molar-refractivity contribution in [2.45, 2.75) is 39.0 Å². The van der Waals surface area contributed by atoms with Crippen LogP contribution in [0.5, 0.6) is 5.75 Å². The molecule has 0 bridgehead atoms. The van der Waals surface area contributed by atoms with E-state index >= 15 is 0 Å². The SMILES string of the molecule is COCc1cc(CNC2CCN(c3cccc(C)c3)CC2)ccc1OC. The zero-order valence-corrected chi connectivity index (χ0v) is 16.1. The van der Waals surface area contributed by atoms with Gasteiger partial charge in [0.1, 0.15) is 5.75 Å². The maximum atomic E-state index is 5.40. The van der Waals surface area contributed by atoms with E-state index in [2.05, 4.69) is 53.5 Å². The minimum atomic E-state index is 0.573. The third kappa shape index (κ3) is 4.77. The van der Waals surface area contributed by atoms with Gasteiger partial charge in [0, 0.05) is 44.0 Å². The minimum Gasteiger partial charge on any atom is -0.496 e. The number of anilines is 1. The molecule has 26 heavy (non-hydrogen) atoms. The number of ether oxygens (including phenoxy) is 2. The Hall–Kier alpha value is -2.04. The van der Waals surface area contributed by atoms with Crippen molar-refractivity contribution in [3.8, 4) is 5.75 Å². The molecule has 1 heterocycles. The van der Waals surface area contributed by atoms with E-state index in [0.717, 1.165) is 30.9 Å². The highest BCUT2D eigenvalue weighted by molar-refractivity contribution is 5.48. The quantitative estimate of drug-likeness (QED) is 0.817. The summed E-state index contributed by atoms with van der Waals surface area (Å²) in [5.74, 6) is 0.891. The molecule has 140 valence electrons. The highest BCUT2D eigenvalue weighted by atomic mass is 16.5. The third-order valence-electron chi connectivity index (χ3n) is 5.10. The van der Waals surface area contributed by atoms with E-state index in [1.54, 1.807) is 14.2 Å². The molecule has 0 atom stereocenters. The largest absolute Gasteiger partial charge is 0.496 e. The Morgan fingerprint density at radius 3 is 2.58 bits per heavy atom. The molecule has 2 aromatic rings. The molecule has 0 aliphatic carbocycles. The molecular formula is C22H30N2O2. The minimum absolute atomic E-state index is 0.573. The number of nitrogens with zero attached hydrogens (tertiary/aromatic N) is 1. The third-order valence-corrected chi connectivity index (χ3v) is 5.10. The second-order valence-corrected chi connectivity index (χ2v) is 7.06. The highest BCUT2D eigenvalue weighted by Gasteiger charge is 2.19. The summed E-state index contributed by atoms with van der Waals surface area (Å²) in [5.41, 5.74) is 5.06. The first-order chi connectivity index (χ1) is 12.7. The summed E-state index contributed by atoms with van der Waals surface area (Å²) in [7, 11) is 3.42. The van der Waals surface area contributed by atoms with Crippen LogP contribution < -0.4 is 15.0 Å². The van der Waals surface area contributed by atoms with Gasteiger partial charge < -0.3 is 19.7 Å². The molecule has 0 spiro atoms. The van der Waals surface area contributed by atoms with E-state index in [1.165, 1.54) is 29.7 Å². The van der Waals surface area contributed by atoms with Crippen molar-refractivity contribution >= 4 is 5.69 Å². The number of piperidine rings is 1. The fourth-order valence-electron chi connectivity index (χ4n) is 3.64. The van der Waals surface area contributed by atoms with Gasteiger partial charge in [0.2, 0.25) is 0 Å². The lowest BCUT2D eigenvalue weighted by Crippen LogP contribution is -2.42. The zero-order valence-electron chi connectivity index (χ0n) is 16.1. The second-order valence-electron chi connectivity index (χ2n) is 7.06. The van der Waals surface area contributed by atoms with Gasteiger partial charge in [-0.2, -0.15) is 0 Å². The van der Waals surface area contributed by atoms with Crippen LogP contribution in [-0.4, -0.2) is 33.4 Å². The fourth-order valence-corrected chi connectivity index (χ4v) is 3.64. The van der Waals surface area contributed by atoms with Crippen LogP contribution in [0.3, 0.4) is 0 Å². The van der Waals surface area contributed by atoms with Crippen LogP contribution in [0, 0.1) is 6.92 Å². The van der Waals surface area contributed by atoms with Gasteiger partial charge in [-0.05, 0) is 55.2 Å². The van der Waals surface area contributed by atoms with E-state index in [4.69, 9.17) is 9.47 Å². The van der Waals surface area contributed by atoms with Gasteiger partial charge in [0.05, 0.1) is 13.7 Å². The fraction of sp³-hybridized carbons (Fsp3) is 0.455. The van der Waals surface area contributed by atoms with Crippen LogP contribution >= 0.6 is 0 Å². The Kier molecular flexibility index (Phi) is 6.53. The molecule has 4 heteroatoms. The van der Waals surface area contributed by atoms with E-state index in [0.29, 0.717) is 12.6 Å². The molecule has 0 unspecified atom stereocenters. The molecule has 4 nitrogen and oxygen atoms in total. The van der Waals surface area contributed by atoms with Crippen LogP contribution in [0.25, 0.3) is 0 Å². The van der Waals surface area contributed by atoms with Crippen molar-refractivity contribution in [2.24, 2.45) is 0 Å². The second kappa shape index (κ2) is 9.06. The Balaban J connectivity index is 1.51. The molecule has 0 saturated carbocycles. The predicted octanol–water partition coefficient (Wildman–Crippen LogP) is 3.91. The zero-order chi connectivity index (χ0) is 18.4. The molecule has 1 saturated heterocycles. The summed E-state index contributed by atoms with van der Waals surface area (Å²) in [6.45, 7) is 5.84. The number of methoxy groups -OCH3 is 2. The Labute approximate surface area is 157 Å². The Bertz CT molecular complexity index is 709. The van der Waals surface area contributed by atoms with E-state index < -0.39 is 0 Å². The van der Waals surface area contributed by atoms with E-state index in [1.807, 2.05) is 6.07 Å². The van der Waals surface area contributed by atoms with Gasteiger partial charge >= 0.3 is 0 Å². The summed E-state index contributed by atoms with van der Waals surface area (Å²) in [6.07, 6.45) is 2.35. The van der Waals surface area contributed by atoms with E-state index in [-0.39, 0.29) is 0 Å². The van der Waals surface area contributed by atoms with Crippen LogP contribution in [0.15, 0.2) is 42.5 Å².